The van der Waals surface area contributed by atoms with Gasteiger partial charge < -0.3 is 64.9 Å². The van der Waals surface area contributed by atoms with Gasteiger partial charge in [0.2, 0.25) is 12.5 Å². The molecule has 8 rings (SSSR count). The molecule has 0 radical (unpaired) electrons. The summed E-state index contributed by atoms with van der Waals surface area (Å²) in [5, 5.41) is 28.4. The van der Waals surface area contributed by atoms with E-state index in [4.69, 9.17) is 81.3 Å². The molecule has 5 aliphatic heterocycles. The van der Waals surface area contributed by atoms with Gasteiger partial charge >= 0.3 is 44.6 Å². The van der Waals surface area contributed by atoms with Gasteiger partial charge in [0.05, 0.1) is 44.2 Å². The minimum absolute atomic E-state index is 0.0529. The standard InChI is InChI=1S/C15H35N2OP.C14H19N4O6P.C14H19N4O5P.C11H14N4O4/c1-11(2)16(12(3)4)19(18-15(9)10)17(13(5)6)14(7)8;1-8(2)23-25(20)21-7-9-11(24-25)14(3,16-4)12(22-9)18-6-5-10(15)17-13(18)19;1-8(2)22-24-20-7-9-11(23-24)14(3,16-4)12(21-9)18-6-5-10(15)17-13(18)19;1-11(5-12)8(17)6(4-16)19-9(11)15-3-2-7(13)14-10(15)18/h11-15H,1-10H3;5-6,8-9,11-12H,7H2,1-3H3,(H2,15,17,19);5-6,8-9,11-12H,7H2,1-3H3,(H2,15,17,19);2-3,6,8-9,16-17H,4H2,1H3,(H2,13,14,18)/t;9-,11-,12-,14-,25?;9-,11-,12-,14-,24?;6-,8-,9-,11-/m.111/s1. The van der Waals surface area contributed by atoms with Crippen LogP contribution in [0.25, 0.3) is 9.69 Å². The number of nitrogen functional groups attached to an aromatic ring is 3. The molecule has 87 heavy (non-hydrogen) atoms. The molecule has 0 aliphatic carbocycles. The van der Waals surface area contributed by atoms with Crippen molar-refractivity contribution in [2.24, 2.45) is 5.41 Å². The van der Waals surface area contributed by atoms with Gasteiger partial charge in [-0.05, 0) is 122 Å². The number of aliphatic hydroxyl groups is 2. The van der Waals surface area contributed by atoms with E-state index in [2.05, 4.69) is 103 Å². The van der Waals surface area contributed by atoms with E-state index in [9.17, 15) is 29.3 Å². The van der Waals surface area contributed by atoms with Gasteiger partial charge in [-0.2, -0.15) is 20.2 Å². The summed E-state index contributed by atoms with van der Waals surface area (Å²) in [4.78, 5) is 54.3. The number of ether oxygens (including phenoxy) is 3. The highest BCUT2D eigenvalue weighted by atomic mass is 31.2. The molecule has 3 aromatic heterocycles. The molecule has 0 amide bonds. The van der Waals surface area contributed by atoms with Crippen LogP contribution < -0.4 is 34.3 Å². The van der Waals surface area contributed by atoms with Crippen LogP contribution >= 0.6 is 24.9 Å². The fourth-order valence-electron chi connectivity index (χ4n) is 10.2. The third kappa shape index (κ3) is 16.7. The average Bonchev–Trinajstić information content (AvgIpc) is 1.67. The zero-order chi connectivity index (χ0) is 65.4. The average molecular weight is 1280 g/mol. The molecule has 0 saturated carbocycles. The quantitative estimate of drug-likeness (QED) is 0.0775. The normalized spacial score (nSPS) is 31.1. The number of nitrogens with zero attached hydrogens (tertiary/aromatic N) is 11. The number of hydrogen-bond acceptors (Lipinski definition) is 25. The van der Waals surface area contributed by atoms with Gasteiger partial charge in [0, 0.05) is 56.6 Å². The van der Waals surface area contributed by atoms with E-state index in [0.717, 1.165) is 4.57 Å². The Morgan fingerprint density at radius 3 is 1.52 bits per heavy atom. The predicted molar refractivity (Wildman–Crippen MR) is 323 cm³/mol. The minimum Gasteiger partial charge on any atom is -0.394 e. The van der Waals surface area contributed by atoms with Crippen molar-refractivity contribution in [2.75, 3.05) is 37.0 Å². The summed E-state index contributed by atoms with van der Waals surface area (Å²) >= 11 is 0. The molecule has 2 unspecified atom stereocenters. The third-order valence-corrected chi connectivity index (χ3v) is 20.3. The van der Waals surface area contributed by atoms with Gasteiger partial charge in [0.1, 0.15) is 47.3 Å². The summed E-state index contributed by atoms with van der Waals surface area (Å²) in [5.74, 6) is 0.234. The zero-order valence-corrected chi connectivity index (χ0v) is 55.1. The van der Waals surface area contributed by atoms with Gasteiger partial charge in [-0.1, -0.05) is 0 Å². The number of aliphatic hydroxyl groups excluding tert-OH is 2. The number of phosphoric ester groups is 1. The van der Waals surface area contributed by atoms with Crippen molar-refractivity contribution in [3.8, 4) is 6.07 Å². The molecule has 5 aliphatic rings. The molecule has 0 bridgehead atoms. The van der Waals surface area contributed by atoms with Crippen LogP contribution in [-0.4, -0.2) is 158 Å². The molecule has 3 aromatic rings. The Morgan fingerprint density at radius 1 is 0.724 bits per heavy atom. The molecular weight excluding hydrogens is 1190 g/mol. The smallest absolute Gasteiger partial charge is 0.394 e. The van der Waals surface area contributed by atoms with Crippen molar-refractivity contribution < 1.29 is 60.7 Å². The summed E-state index contributed by atoms with van der Waals surface area (Å²) in [6.45, 7) is 49.2. The summed E-state index contributed by atoms with van der Waals surface area (Å²) in [6, 6.07) is 8.21. The van der Waals surface area contributed by atoms with Crippen molar-refractivity contribution in [2.45, 2.75) is 227 Å². The molecule has 8 N–H and O–H groups in total. The number of nitriles is 1. The second kappa shape index (κ2) is 30.2. The Labute approximate surface area is 510 Å². The lowest BCUT2D eigenvalue weighted by molar-refractivity contribution is -0.0748. The van der Waals surface area contributed by atoms with E-state index < -0.39 is 120 Å². The number of nitrogens with two attached hydrogens (primary N) is 3. The molecule has 33 heteroatoms. The topological polar surface area (TPSA) is 372 Å². The number of aromatic nitrogens is 6. The summed E-state index contributed by atoms with van der Waals surface area (Å²) in [7, 11) is -6.09. The fourth-order valence-corrected chi connectivity index (χ4v) is 15.6. The van der Waals surface area contributed by atoms with Crippen LogP contribution in [0.1, 0.15) is 136 Å². The molecule has 0 spiro atoms. The number of rotatable bonds is 16. The number of hydrogen-bond donors (Lipinski definition) is 5. The van der Waals surface area contributed by atoms with Gasteiger partial charge in [0.25, 0.3) is 0 Å². The second-order valence-corrected chi connectivity index (χ2v) is 27.9. The first-order valence-electron chi connectivity index (χ1n) is 28.5. The van der Waals surface area contributed by atoms with Crippen molar-refractivity contribution in [1.82, 2.24) is 38.0 Å². The van der Waals surface area contributed by atoms with Crippen LogP contribution in [0.2, 0.25) is 0 Å². The number of anilines is 3. The SMILES string of the molecule is CC(C)OP(N(C(C)C)C(C)C)N(C(C)C)C(C)C.C[C@@]1(C#N)[C@H](O)[C@@H](CO)O[C@H]1n1ccc(N)nc1=O.[C-]#[N+][C@]1(C)[C@@H]2OP(=O)(OC(C)C)OC[C@H]2O[C@H]1n1ccc(N)nc1=O.[C-]#[N+][C@]1(C)[C@@H]2OP(OC(C)C)OC[C@H]2O[C@H]1n1ccc(N)nc1=O. The minimum atomic E-state index is -3.82. The maximum atomic E-state index is 12.6. The van der Waals surface area contributed by atoms with Gasteiger partial charge in [-0.25, -0.2) is 41.4 Å². The van der Waals surface area contributed by atoms with Crippen LogP contribution in [0.15, 0.2) is 51.2 Å². The Kier molecular flexibility index (Phi) is 25.3. The first kappa shape index (κ1) is 72.8. The third-order valence-electron chi connectivity index (χ3n) is 14.1. The lowest BCUT2D eigenvalue weighted by atomic mass is 9.84. The maximum Gasteiger partial charge on any atom is 0.475 e. The van der Waals surface area contributed by atoms with E-state index in [-0.39, 0.29) is 49.0 Å². The van der Waals surface area contributed by atoms with Gasteiger partial charge in [-0.3, -0.25) is 31.8 Å². The van der Waals surface area contributed by atoms with Crippen molar-refractivity contribution in [3.63, 3.8) is 0 Å². The van der Waals surface area contributed by atoms with Crippen LogP contribution in [-0.2, 0) is 50.4 Å². The Balaban J connectivity index is 0.000000213. The lowest BCUT2D eigenvalue weighted by Gasteiger charge is -2.46. The molecule has 30 nitrogen and oxygen atoms in total. The first-order chi connectivity index (χ1) is 40.6. The first-order valence-corrected chi connectivity index (χ1v) is 32.2. The highest BCUT2D eigenvalue weighted by Crippen LogP contribution is 2.60. The Hall–Kier alpha value is -4.96. The fraction of sp³-hybridized carbons (Fsp3) is 0.722. The van der Waals surface area contributed by atoms with E-state index in [0.29, 0.717) is 24.2 Å². The van der Waals surface area contributed by atoms with Gasteiger partial charge in [0.15, 0.2) is 26.9 Å². The Bertz CT molecular complexity index is 3120. The molecule has 8 heterocycles. The van der Waals surface area contributed by atoms with Gasteiger partial charge in [-0.15, -0.1) is 0 Å². The van der Waals surface area contributed by atoms with E-state index in [1.165, 1.54) is 52.8 Å². The van der Waals surface area contributed by atoms with E-state index in [1.54, 1.807) is 27.7 Å². The zero-order valence-electron chi connectivity index (χ0n) is 52.4. The number of fused-ring (bicyclic) bond motifs is 2. The van der Waals surface area contributed by atoms with E-state index in [1.807, 2.05) is 19.9 Å². The lowest BCUT2D eigenvalue weighted by Crippen LogP contribution is -2.47. The molecular formula is C54H87N14O16P3. The maximum absolute atomic E-state index is 12.6. The Morgan fingerprint density at radius 2 is 1.15 bits per heavy atom. The van der Waals surface area contributed by atoms with Crippen LogP contribution in [0.4, 0.5) is 17.5 Å². The second-order valence-electron chi connectivity index (χ2n) is 23.6. The van der Waals surface area contributed by atoms with Crippen molar-refractivity contribution in [1.29, 1.82) is 5.26 Å². The largest absolute Gasteiger partial charge is 0.475 e. The predicted octanol–water partition coefficient (Wildman–Crippen LogP) is 6.30. The summed E-state index contributed by atoms with van der Waals surface area (Å²) in [5.41, 5.74) is 10.7. The highest BCUT2D eigenvalue weighted by Gasteiger charge is 2.67. The molecule has 484 valence electrons. The van der Waals surface area contributed by atoms with Crippen LogP contribution in [0, 0.1) is 29.9 Å². The van der Waals surface area contributed by atoms with Crippen LogP contribution in [0.3, 0.4) is 0 Å². The highest BCUT2D eigenvalue weighted by molar-refractivity contribution is 7.48. The van der Waals surface area contributed by atoms with Crippen molar-refractivity contribution in [3.05, 3.63) is 91.1 Å². The molecule has 14 atom stereocenters. The monoisotopic (exact) mass is 1280 g/mol. The van der Waals surface area contributed by atoms with Crippen molar-refractivity contribution >= 4 is 42.3 Å². The summed E-state index contributed by atoms with van der Waals surface area (Å²) < 4.78 is 77.7. The van der Waals surface area contributed by atoms with E-state index >= 15 is 0 Å². The molecule has 0 aromatic carbocycles. The number of phosphoric acid groups is 1. The molecule has 5 saturated heterocycles. The summed E-state index contributed by atoms with van der Waals surface area (Å²) in [6.07, 6.45) is -3.58. The van der Waals surface area contributed by atoms with Crippen LogP contribution in [0.5, 0.6) is 0 Å². The molecule has 5 fully saturated rings.